The second-order valence-corrected chi connectivity index (χ2v) is 6.37. The van der Waals surface area contributed by atoms with Crippen molar-refractivity contribution in [1.29, 1.82) is 0 Å². The first kappa shape index (κ1) is 12.8. The normalized spacial score (nSPS) is 20.5. The van der Waals surface area contributed by atoms with Crippen LogP contribution in [0.3, 0.4) is 0 Å². The molecule has 0 aliphatic heterocycles. The van der Waals surface area contributed by atoms with Gasteiger partial charge in [0.2, 0.25) is 0 Å². The van der Waals surface area contributed by atoms with Crippen LogP contribution in [0.1, 0.15) is 32.0 Å². The van der Waals surface area contributed by atoms with E-state index in [1.165, 1.54) is 0 Å². The van der Waals surface area contributed by atoms with E-state index in [1.54, 1.807) is 12.1 Å². The van der Waals surface area contributed by atoms with Crippen molar-refractivity contribution in [2.45, 2.75) is 26.2 Å². The van der Waals surface area contributed by atoms with E-state index in [1.807, 2.05) is 0 Å². The molecule has 0 spiro atoms. The molecule has 2 aromatic rings. The molecular formula is C13H13Cl2N3O. The summed E-state index contributed by atoms with van der Waals surface area (Å²) in [5.41, 5.74) is 7.00. The summed E-state index contributed by atoms with van der Waals surface area (Å²) in [5.74, 6) is 1.52. The minimum Gasteiger partial charge on any atom is -0.396 e. The van der Waals surface area contributed by atoms with Crippen molar-refractivity contribution in [3.63, 3.8) is 0 Å². The molecular weight excluding hydrogens is 285 g/mol. The number of nitrogens with zero attached hydrogens (tertiary/aromatic N) is 2. The zero-order valence-electron chi connectivity index (χ0n) is 10.6. The van der Waals surface area contributed by atoms with Gasteiger partial charge in [0.25, 0.3) is 5.89 Å². The summed E-state index contributed by atoms with van der Waals surface area (Å²) < 4.78 is 5.28. The summed E-state index contributed by atoms with van der Waals surface area (Å²) in [5, 5.41) is 4.80. The Bertz CT molecular complexity index is 628. The highest BCUT2D eigenvalue weighted by Gasteiger charge is 2.49. The summed E-state index contributed by atoms with van der Waals surface area (Å²) in [7, 11) is 0. The Labute approximate surface area is 120 Å². The summed E-state index contributed by atoms with van der Waals surface area (Å²) in [6, 6.07) is 3.36. The van der Waals surface area contributed by atoms with E-state index in [0.717, 1.165) is 12.2 Å². The number of aromatic nitrogens is 2. The van der Waals surface area contributed by atoms with Crippen molar-refractivity contribution in [2.24, 2.45) is 5.41 Å². The second kappa shape index (κ2) is 4.12. The number of anilines is 1. The zero-order chi connectivity index (χ0) is 13.8. The van der Waals surface area contributed by atoms with E-state index in [-0.39, 0.29) is 5.41 Å². The van der Waals surface area contributed by atoms with Crippen molar-refractivity contribution in [2.75, 3.05) is 5.73 Å². The van der Waals surface area contributed by atoms with Gasteiger partial charge in [-0.3, -0.25) is 0 Å². The Hall–Kier alpha value is -1.26. The van der Waals surface area contributed by atoms with E-state index < -0.39 is 0 Å². The summed E-state index contributed by atoms with van der Waals surface area (Å²) in [6.07, 6.45) is 1.08. The van der Waals surface area contributed by atoms with Crippen molar-refractivity contribution in [3.05, 3.63) is 28.0 Å². The van der Waals surface area contributed by atoms with Crippen LogP contribution in [0.25, 0.3) is 11.5 Å². The Kier molecular flexibility index (Phi) is 2.76. The fourth-order valence-corrected chi connectivity index (χ4v) is 2.60. The molecule has 1 heterocycles. The number of benzene rings is 1. The highest BCUT2D eigenvalue weighted by molar-refractivity contribution is 6.39. The Morgan fingerprint density at radius 1 is 1.32 bits per heavy atom. The average Bonchev–Trinajstić information content (AvgIpc) is 2.78. The maximum Gasteiger partial charge on any atom is 0.258 e. The highest BCUT2D eigenvalue weighted by Crippen LogP contribution is 2.57. The SMILES string of the molecule is CC1(C)CC1c1noc(-c2cc(Cl)c(N)c(Cl)c2)n1. The van der Waals surface area contributed by atoms with Crippen molar-refractivity contribution >= 4 is 28.9 Å². The van der Waals surface area contributed by atoms with Gasteiger partial charge in [0.15, 0.2) is 5.82 Å². The monoisotopic (exact) mass is 297 g/mol. The first-order valence-corrected chi connectivity index (χ1v) is 6.72. The number of nitrogen functional groups attached to an aromatic ring is 1. The van der Waals surface area contributed by atoms with E-state index in [9.17, 15) is 0 Å². The summed E-state index contributed by atoms with van der Waals surface area (Å²) in [6.45, 7) is 4.37. The third kappa shape index (κ3) is 2.19. The standard InChI is InChI=1S/C13H13Cl2N3O/c1-13(2)5-7(13)11-17-12(19-18-11)6-3-8(14)10(16)9(15)4-6/h3-4,7H,5,16H2,1-2H3. The molecule has 1 aromatic heterocycles. The molecule has 1 fully saturated rings. The van der Waals surface area contributed by atoms with Crippen LogP contribution in [0.2, 0.25) is 10.0 Å². The predicted octanol–water partition coefficient (Wildman–Crippen LogP) is 4.14. The molecule has 1 unspecified atom stereocenters. The van der Waals surface area contributed by atoms with Gasteiger partial charge in [0, 0.05) is 11.5 Å². The average molecular weight is 298 g/mol. The lowest BCUT2D eigenvalue weighted by Crippen LogP contribution is -1.92. The van der Waals surface area contributed by atoms with Crippen LogP contribution < -0.4 is 5.73 Å². The molecule has 4 nitrogen and oxygen atoms in total. The molecule has 2 N–H and O–H groups in total. The van der Waals surface area contributed by atoms with Gasteiger partial charge in [-0.25, -0.2) is 0 Å². The number of halogens is 2. The maximum absolute atomic E-state index is 6.00. The van der Waals surface area contributed by atoms with Crippen LogP contribution in [0.15, 0.2) is 16.7 Å². The molecule has 0 amide bonds. The summed E-state index contributed by atoms with van der Waals surface area (Å²) >= 11 is 12.0. The molecule has 0 radical (unpaired) electrons. The Morgan fingerprint density at radius 2 is 1.89 bits per heavy atom. The van der Waals surface area contributed by atoms with Crippen LogP contribution in [-0.4, -0.2) is 10.1 Å². The molecule has 19 heavy (non-hydrogen) atoms. The highest BCUT2D eigenvalue weighted by atomic mass is 35.5. The zero-order valence-corrected chi connectivity index (χ0v) is 12.1. The topological polar surface area (TPSA) is 64.9 Å². The first-order chi connectivity index (χ1) is 8.88. The van der Waals surface area contributed by atoms with Gasteiger partial charge in [-0.1, -0.05) is 42.2 Å². The molecule has 1 aromatic carbocycles. The quantitative estimate of drug-likeness (QED) is 0.846. The molecule has 1 saturated carbocycles. The summed E-state index contributed by atoms with van der Waals surface area (Å²) in [4.78, 5) is 4.41. The van der Waals surface area contributed by atoms with Gasteiger partial charge in [-0.05, 0) is 24.0 Å². The van der Waals surface area contributed by atoms with E-state index in [2.05, 4.69) is 24.0 Å². The third-order valence-electron chi connectivity index (χ3n) is 3.59. The third-order valence-corrected chi connectivity index (χ3v) is 4.22. The fourth-order valence-electron chi connectivity index (χ4n) is 2.11. The van der Waals surface area contributed by atoms with Crippen molar-refractivity contribution in [3.8, 4) is 11.5 Å². The minimum atomic E-state index is 0.261. The number of hydrogen-bond donors (Lipinski definition) is 1. The van der Waals surface area contributed by atoms with E-state index in [4.69, 9.17) is 33.5 Å². The van der Waals surface area contributed by atoms with Gasteiger partial charge in [0.1, 0.15) is 0 Å². The predicted molar refractivity (Wildman–Crippen MR) is 75.3 cm³/mol. The number of rotatable bonds is 2. The van der Waals surface area contributed by atoms with Crippen LogP contribution in [0.5, 0.6) is 0 Å². The van der Waals surface area contributed by atoms with Gasteiger partial charge in [-0.2, -0.15) is 4.98 Å². The molecule has 0 bridgehead atoms. The minimum absolute atomic E-state index is 0.261. The van der Waals surface area contributed by atoms with Crippen LogP contribution in [0.4, 0.5) is 5.69 Å². The lowest BCUT2D eigenvalue weighted by molar-refractivity contribution is 0.419. The maximum atomic E-state index is 6.00. The molecule has 1 atom stereocenters. The second-order valence-electron chi connectivity index (χ2n) is 5.56. The molecule has 1 aliphatic rings. The lowest BCUT2D eigenvalue weighted by Gasteiger charge is -2.02. The molecule has 0 saturated heterocycles. The van der Waals surface area contributed by atoms with Gasteiger partial charge < -0.3 is 10.3 Å². The van der Waals surface area contributed by atoms with E-state index in [0.29, 0.717) is 33.1 Å². The number of nitrogens with two attached hydrogens (primary N) is 1. The van der Waals surface area contributed by atoms with Gasteiger partial charge in [-0.15, -0.1) is 0 Å². The van der Waals surface area contributed by atoms with Crippen molar-refractivity contribution < 1.29 is 4.52 Å². The van der Waals surface area contributed by atoms with Crippen LogP contribution in [-0.2, 0) is 0 Å². The largest absolute Gasteiger partial charge is 0.396 e. The number of hydrogen-bond acceptors (Lipinski definition) is 4. The van der Waals surface area contributed by atoms with Gasteiger partial charge in [0.05, 0.1) is 15.7 Å². The first-order valence-electron chi connectivity index (χ1n) is 5.97. The smallest absolute Gasteiger partial charge is 0.258 e. The van der Waals surface area contributed by atoms with Crippen molar-refractivity contribution in [1.82, 2.24) is 10.1 Å². The molecule has 6 heteroatoms. The lowest BCUT2D eigenvalue weighted by atomic mass is 10.1. The van der Waals surface area contributed by atoms with E-state index >= 15 is 0 Å². The molecule has 100 valence electrons. The molecule has 1 aliphatic carbocycles. The van der Waals surface area contributed by atoms with Crippen LogP contribution in [0, 0.1) is 5.41 Å². The van der Waals surface area contributed by atoms with Gasteiger partial charge >= 0.3 is 0 Å². The van der Waals surface area contributed by atoms with Crippen LogP contribution >= 0.6 is 23.2 Å². The molecule has 3 rings (SSSR count). The fraction of sp³-hybridized carbons (Fsp3) is 0.385. The Balaban J connectivity index is 1.95. The Morgan fingerprint density at radius 3 is 2.42 bits per heavy atom.